The van der Waals surface area contributed by atoms with Crippen molar-refractivity contribution < 1.29 is 9.18 Å². The Balaban J connectivity index is 1.46. The zero-order valence-corrected chi connectivity index (χ0v) is 18.9. The number of likely N-dealkylation sites (tertiary alicyclic amines) is 1. The van der Waals surface area contributed by atoms with Crippen LogP contribution in [-0.4, -0.2) is 63.6 Å². The van der Waals surface area contributed by atoms with Crippen molar-refractivity contribution in [1.29, 1.82) is 0 Å². The Hall–Kier alpha value is -3.59. The van der Waals surface area contributed by atoms with Gasteiger partial charge in [-0.15, -0.1) is 5.10 Å². The van der Waals surface area contributed by atoms with Crippen LogP contribution < -0.4 is 10.2 Å². The molecule has 1 saturated heterocycles. The lowest BCUT2D eigenvalue weighted by molar-refractivity contribution is 0.102. The van der Waals surface area contributed by atoms with Gasteiger partial charge in [-0.25, -0.2) is 9.37 Å². The van der Waals surface area contributed by atoms with Crippen molar-refractivity contribution in [2.24, 2.45) is 0 Å². The number of aromatic nitrogens is 4. The molecule has 1 aliphatic heterocycles. The summed E-state index contributed by atoms with van der Waals surface area (Å²) in [5.74, 6) is -0.870. The van der Waals surface area contributed by atoms with E-state index in [4.69, 9.17) is 0 Å². The van der Waals surface area contributed by atoms with E-state index in [9.17, 15) is 9.18 Å². The van der Waals surface area contributed by atoms with Crippen LogP contribution in [0, 0.1) is 12.7 Å². The second kappa shape index (κ2) is 8.40. The quantitative estimate of drug-likeness (QED) is 0.516. The number of amides is 1. The van der Waals surface area contributed by atoms with E-state index in [2.05, 4.69) is 44.4 Å². The van der Waals surface area contributed by atoms with Gasteiger partial charge >= 0.3 is 0 Å². The predicted octanol–water partition coefficient (Wildman–Crippen LogP) is 3.51. The molecular weight excluding hydrogens is 421 g/mol. The Bertz CT molecular complexity index is 1340. The Morgan fingerprint density at radius 2 is 2.00 bits per heavy atom. The van der Waals surface area contributed by atoms with E-state index in [1.54, 1.807) is 36.0 Å². The molecule has 8 nitrogen and oxygen atoms in total. The van der Waals surface area contributed by atoms with Crippen LogP contribution in [-0.2, 0) is 0 Å². The summed E-state index contributed by atoms with van der Waals surface area (Å²) in [5.41, 5.74) is 3.19. The van der Waals surface area contributed by atoms with Gasteiger partial charge in [0.15, 0.2) is 11.5 Å². The van der Waals surface area contributed by atoms with E-state index in [-0.39, 0.29) is 11.6 Å². The monoisotopic (exact) mass is 447 g/mol. The number of nitrogens with one attached hydrogen (secondary N) is 1. The van der Waals surface area contributed by atoms with Gasteiger partial charge in [-0.05, 0) is 58.1 Å². The topological polar surface area (TPSA) is 78.7 Å². The molecule has 4 aromatic rings. The highest BCUT2D eigenvalue weighted by molar-refractivity contribution is 6.13. The molecule has 4 heterocycles. The van der Waals surface area contributed by atoms with Gasteiger partial charge in [0.1, 0.15) is 5.52 Å². The Labute approximate surface area is 191 Å². The summed E-state index contributed by atoms with van der Waals surface area (Å²) in [5, 5.41) is 12.0. The van der Waals surface area contributed by atoms with Crippen molar-refractivity contribution in [3.63, 3.8) is 0 Å². The number of benzene rings is 1. The highest BCUT2D eigenvalue weighted by atomic mass is 19.1. The first-order chi connectivity index (χ1) is 15.9. The molecule has 1 N–H and O–H groups in total. The maximum absolute atomic E-state index is 14.4. The average molecular weight is 448 g/mol. The lowest BCUT2D eigenvalue weighted by Crippen LogP contribution is -2.42. The molecule has 0 bridgehead atoms. The Morgan fingerprint density at radius 1 is 1.21 bits per heavy atom. The van der Waals surface area contributed by atoms with Crippen molar-refractivity contribution >= 4 is 33.8 Å². The van der Waals surface area contributed by atoms with Crippen LogP contribution in [0.4, 0.5) is 15.8 Å². The first kappa shape index (κ1) is 21.3. The van der Waals surface area contributed by atoms with Gasteiger partial charge in [-0.3, -0.25) is 4.79 Å². The van der Waals surface area contributed by atoms with Crippen LogP contribution >= 0.6 is 0 Å². The minimum atomic E-state index is -0.499. The zero-order valence-electron chi connectivity index (χ0n) is 18.9. The molecule has 0 saturated carbocycles. The fraction of sp³-hybridized carbons (Fsp3) is 0.333. The second-order valence-corrected chi connectivity index (χ2v) is 8.72. The number of carbonyl (C=O) groups excluding carboxylic acids is 1. The molecule has 3 aromatic heterocycles. The van der Waals surface area contributed by atoms with Gasteiger partial charge in [0.2, 0.25) is 0 Å². The summed E-state index contributed by atoms with van der Waals surface area (Å²) in [6.07, 6.45) is 7.16. The summed E-state index contributed by atoms with van der Waals surface area (Å²) in [4.78, 5) is 21.9. The van der Waals surface area contributed by atoms with E-state index in [1.807, 2.05) is 12.1 Å². The van der Waals surface area contributed by atoms with Gasteiger partial charge in [0.25, 0.3) is 5.91 Å². The summed E-state index contributed by atoms with van der Waals surface area (Å²) in [7, 11) is 4.24. The molecular formula is C24H26FN7O. The number of fused-ring (bicyclic) bond motifs is 2. The normalized spacial score (nSPS) is 15.3. The van der Waals surface area contributed by atoms with Crippen LogP contribution in [0.2, 0.25) is 0 Å². The van der Waals surface area contributed by atoms with Crippen molar-refractivity contribution in [3.8, 4) is 0 Å². The van der Waals surface area contributed by atoms with E-state index in [0.29, 0.717) is 28.5 Å². The van der Waals surface area contributed by atoms with Crippen molar-refractivity contribution in [1.82, 2.24) is 24.5 Å². The fourth-order valence-electron chi connectivity index (χ4n) is 4.58. The van der Waals surface area contributed by atoms with Crippen LogP contribution in [0.3, 0.4) is 0 Å². The highest BCUT2D eigenvalue weighted by Gasteiger charge is 2.23. The first-order valence-electron chi connectivity index (χ1n) is 11.0. The maximum Gasteiger partial charge on any atom is 0.257 e. The first-order valence-corrected chi connectivity index (χ1v) is 11.0. The number of hydrogen-bond acceptors (Lipinski definition) is 6. The molecule has 0 spiro atoms. The number of anilines is 2. The molecule has 0 aliphatic carbocycles. The smallest absolute Gasteiger partial charge is 0.257 e. The number of piperidine rings is 1. The summed E-state index contributed by atoms with van der Waals surface area (Å²) < 4.78 is 16.0. The largest absolute Gasteiger partial charge is 0.371 e. The molecule has 1 amide bonds. The minimum Gasteiger partial charge on any atom is -0.371 e. The summed E-state index contributed by atoms with van der Waals surface area (Å²) in [6, 6.07) is 7.31. The second-order valence-electron chi connectivity index (χ2n) is 8.72. The highest BCUT2D eigenvalue weighted by Crippen LogP contribution is 2.31. The average Bonchev–Trinajstić information content (AvgIpc) is 3.19. The number of pyridine rings is 1. The molecule has 1 fully saturated rings. The molecule has 0 radical (unpaired) electrons. The Morgan fingerprint density at radius 3 is 2.79 bits per heavy atom. The lowest BCUT2D eigenvalue weighted by atomic mass is 10.0. The van der Waals surface area contributed by atoms with Crippen molar-refractivity contribution in [3.05, 3.63) is 59.9 Å². The summed E-state index contributed by atoms with van der Waals surface area (Å²) in [6.45, 7) is 3.91. The molecule has 1 aromatic carbocycles. The predicted molar refractivity (Wildman–Crippen MR) is 126 cm³/mol. The molecule has 5 rings (SSSR count). The third-order valence-electron chi connectivity index (χ3n) is 6.40. The van der Waals surface area contributed by atoms with Gasteiger partial charge < -0.3 is 19.5 Å². The maximum atomic E-state index is 14.4. The van der Waals surface area contributed by atoms with Gasteiger partial charge in [-0.2, -0.15) is 5.10 Å². The van der Waals surface area contributed by atoms with E-state index < -0.39 is 5.82 Å². The van der Waals surface area contributed by atoms with E-state index in [0.717, 1.165) is 37.0 Å². The van der Waals surface area contributed by atoms with Crippen LogP contribution in [0.15, 0.2) is 42.9 Å². The van der Waals surface area contributed by atoms with E-state index >= 15 is 0 Å². The zero-order chi connectivity index (χ0) is 23.1. The molecule has 9 heteroatoms. The minimum absolute atomic E-state index is 0.225. The number of imidazole rings is 1. The van der Waals surface area contributed by atoms with Crippen LogP contribution in [0.1, 0.15) is 28.9 Å². The third kappa shape index (κ3) is 4.00. The summed E-state index contributed by atoms with van der Waals surface area (Å²) >= 11 is 0. The number of rotatable bonds is 4. The van der Waals surface area contributed by atoms with Gasteiger partial charge in [0.05, 0.1) is 23.1 Å². The number of carbonyl (C=O) groups is 1. The number of halogens is 1. The molecule has 0 unspecified atom stereocenters. The SMILES string of the molecule is Cc1cn2cc(NC(=O)c3ccc(N(C)C4CCN(C)CC4)c4ccnnc34)cc(F)c2n1. The fourth-order valence-corrected chi connectivity index (χ4v) is 4.58. The molecule has 1 aliphatic rings. The molecule has 33 heavy (non-hydrogen) atoms. The van der Waals surface area contributed by atoms with E-state index in [1.165, 1.54) is 6.07 Å². The number of hydrogen-bond donors (Lipinski definition) is 1. The van der Waals surface area contributed by atoms with Gasteiger partial charge in [0, 0.05) is 42.6 Å². The standard InChI is InChI=1S/C24H26FN7O/c1-15-13-32-14-16(12-20(25)23(32)27-15)28-24(33)19-4-5-21(18-6-9-26-29-22(18)19)31(3)17-7-10-30(2)11-8-17/h4-6,9,12-14,17H,7-8,10-11H2,1-3H3,(H,28,33). The molecule has 0 atom stereocenters. The Kier molecular flexibility index (Phi) is 5.41. The van der Waals surface area contributed by atoms with Crippen LogP contribution in [0.25, 0.3) is 16.6 Å². The third-order valence-corrected chi connectivity index (χ3v) is 6.40. The number of aryl methyl sites for hydroxylation is 1. The van der Waals surface area contributed by atoms with Gasteiger partial charge in [-0.1, -0.05) is 0 Å². The lowest BCUT2D eigenvalue weighted by Gasteiger charge is -2.36. The van der Waals surface area contributed by atoms with Crippen molar-refractivity contribution in [2.45, 2.75) is 25.8 Å². The van der Waals surface area contributed by atoms with Crippen molar-refractivity contribution in [2.75, 3.05) is 37.4 Å². The molecule has 170 valence electrons. The number of nitrogens with zero attached hydrogens (tertiary/aromatic N) is 6. The van der Waals surface area contributed by atoms with Crippen LogP contribution in [0.5, 0.6) is 0 Å².